The highest BCUT2D eigenvalue weighted by atomic mass is 79.9. The van der Waals surface area contributed by atoms with Crippen molar-refractivity contribution in [3.8, 4) is 11.5 Å². The van der Waals surface area contributed by atoms with Crippen molar-refractivity contribution < 1.29 is 4.74 Å². The molecule has 0 radical (unpaired) electrons. The van der Waals surface area contributed by atoms with E-state index in [-0.39, 0.29) is 6.04 Å². The Labute approximate surface area is 123 Å². The highest BCUT2D eigenvalue weighted by molar-refractivity contribution is 9.10. The third-order valence-electron chi connectivity index (χ3n) is 2.39. The van der Waals surface area contributed by atoms with E-state index in [2.05, 4.69) is 36.8 Å². The summed E-state index contributed by atoms with van der Waals surface area (Å²) in [5, 5.41) is 0. The first-order valence-electron chi connectivity index (χ1n) is 5.39. The first-order valence-corrected chi connectivity index (χ1v) is 6.98. The molecular formula is C13H12Br2N2O. The lowest BCUT2D eigenvalue weighted by atomic mass is 10.1. The first-order chi connectivity index (χ1) is 8.56. The second-order valence-electron chi connectivity index (χ2n) is 3.92. The molecule has 0 aliphatic rings. The van der Waals surface area contributed by atoms with Crippen LogP contribution in [0.2, 0.25) is 0 Å². The molecule has 2 aromatic rings. The molecule has 0 amide bonds. The Hall–Kier alpha value is -0.910. The molecule has 94 valence electrons. The quantitative estimate of drug-likeness (QED) is 0.868. The lowest BCUT2D eigenvalue weighted by Gasteiger charge is -2.11. The molecule has 2 N–H and O–H groups in total. The van der Waals surface area contributed by atoms with Crippen LogP contribution in [-0.2, 0) is 0 Å². The van der Waals surface area contributed by atoms with Gasteiger partial charge in [-0.05, 0) is 62.5 Å². The van der Waals surface area contributed by atoms with E-state index < -0.39 is 0 Å². The van der Waals surface area contributed by atoms with Crippen LogP contribution >= 0.6 is 31.9 Å². The van der Waals surface area contributed by atoms with Crippen LogP contribution in [0.3, 0.4) is 0 Å². The van der Waals surface area contributed by atoms with Gasteiger partial charge >= 0.3 is 0 Å². The number of benzene rings is 1. The van der Waals surface area contributed by atoms with Gasteiger partial charge in [0.05, 0.1) is 10.7 Å². The molecule has 2 rings (SSSR count). The summed E-state index contributed by atoms with van der Waals surface area (Å²) in [6.45, 7) is 1.94. The monoisotopic (exact) mass is 370 g/mol. The van der Waals surface area contributed by atoms with Gasteiger partial charge in [-0.3, -0.25) is 4.98 Å². The fourth-order valence-corrected chi connectivity index (χ4v) is 2.28. The summed E-state index contributed by atoms with van der Waals surface area (Å²) in [7, 11) is 0. The largest absolute Gasteiger partial charge is 0.455 e. The van der Waals surface area contributed by atoms with Crippen molar-refractivity contribution >= 4 is 31.9 Å². The van der Waals surface area contributed by atoms with Crippen molar-refractivity contribution in [3.05, 3.63) is 51.2 Å². The minimum atomic E-state index is 0.00267. The molecule has 18 heavy (non-hydrogen) atoms. The molecule has 3 nitrogen and oxygen atoms in total. The lowest BCUT2D eigenvalue weighted by molar-refractivity contribution is 0.476. The van der Waals surface area contributed by atoms with Crippen molar-refractivity contribution in [2.24, 2.45) is 5.73 Å². The van der Waals surface area contributed by atoms with Crippen LogP contribution in [-0.4, -0.2) is 4.98 Å². The molecule has 1 heterocycles. The number of nitrogens with two attached hydrogens (primary N) is 1. The summed E-state index contributed by atoms with van der Waals surface area (Å²) in [6, 6.07) is 7.67. The minimum absolute atomic E-state index is 0.00267. The van der Waals surface area contributed by atoms with Gasteiger partial charge in [-0.25, -0.2) is 0 Å². The SMILES string of the molecule is C[C@H](N)c1ccc(Oc2cncc(Br)c2)c(Br)c1. The molecule has 0 spiro atoms. The van der Waals surface area contributed by atoms with E-state index in [0.29, 0.717) is 5.75 Å². The van der Waals surface area contributed by atoms with E-state index >= 15 is 0 Å². The molecule has 0 aliphatic carbocycles. The van der Waals surface area contributed by atoms with Gasteiger partial charge in [-0.1, -0.05) is 6.07 Å². The number of aromatic nitrogens is 1. The fraction of sp³-hybridized carbons (Fsp3) is 0.154. The maximum atomic E-state index is 5.83. The van der Waals surface area contributed by atoms with Gasteiger partial charge in [0.2, 0.25) is 0 Å². The number of hydrogen-bond donors (Lipinski definition) is 1. The zero-order valence-corrected chi connectivity index (χ0v) is 12.9. The van der Waals surface area contributed by atoms with Gasteiger partial charge in [0.1, 0.15) is 11.5 Å². The van der Waals surface area contributed by atoms with E-state index in [9.17, 15) is 0 Å². The van der Waals surface area contributed by atoms with Crippen molar-refractivity contribution in [2.75, 3.05) is 0 Å². The van der Waals surface area contributed by atoms with Gasteiger partial charge in [0.15, 0.2) is 0 Å². The Morgan fingerprint density at radius 3 is 2.61 bits per heavy atom. The average molecular weight is 372 g/mol. The van der Waals surface area contributed by atoms with Crippen molar-refractivity contribution in [1.82, 2.24) is 4.98 Å². The highest BCUT2D eigenvalue weighted by Gasteiger charge is 2.07. The average Bonchev–Trinajstić information content (AvgIpc) is 2.31. The maximum Gasteiger partial charge on any atom is 0.146 e. The van der Waals surface area contributed by atoms with Gasteiger partial charge in [-0.15, -0.1) is 0 Å². The fourth-order valence-electron chi connectivity index (χ4n) is 1.46. The normalized spacial score (nSPS) is 12.2. The van der Waals surface area contributed by atoms with Gasteiger partial charge in [0, 0.05) is 16.7 Å². The molecule has 1 aromatic heterocycles. The third kappa shape index (κ3) is 3.31. The number of rotatable bonds is 3. The number of halogens is 2. The van der Waals surface area contributed by atoms with Gasteiger partial charge in [-0.2, -0.15) is 0 Å². The van der Waals surface area contributed by atoms with E-state index in [4.69, 9.17) is 10.5 Å². The summed E-state index contributed by atoms with van der Waals surface area (Å²) in [6.07, 6.45) is 3.37. The number of hydrogen-bond acceptors (Lipinski definition) is 3. The summed E-state index contributed by atoms with van der Waals surface area (Å²) in [5.41, 5.74) is 6.88. The molecule has 0 fully saturated rings. The lowest BCUT2D eigenvalue weighted by Crippen LogP contribution is -2.04. The van der Waals surface area contributed by atoms with Crippen LogP contribution < -0.4 is 10.5 Å². The topological polar surface area (TPSA) is 48.1 Å². The Morgan fingerprint density at radius 2 is 2.00 bits per heavy atom. The Morgan fingerprint density at radius 1 is 1.22 bits per heavy atom. The zero-order valence-electron chi connectivity index (χ0n) is 9.73. The van der Waals surface area contributed by atoms with E-state index in [1.165, 1.54) is 0 Å². The van der Waals surface area contributed by atoms with Crippen molar-refractivity contribution in [2.45, 2.75) is 13.0 Å². The summed E-state index contributed by atoms with van der Waals surface area (Å²) in [4.78, 5) is 4.05. The molecule has 0 bridgehead atoms. The number of nitrogens with zero attached hydrogens (tertiary/aromatic N) is 1. The molecule has 1 aromatic carbocycles. The summed E-state index contributed by atoms with van der Waals surface area (Å²) >= 11 is 6.83. The molecule has 0 saturated carbocycles. The van der Waals surface area contributed by atoms with Crippen molar-refractivity contribution in [3.63, 3.8) is 0 Å². The summed E-state index contributed by atoms with van der Waals surface area (Å²) in [5.74, 6) is 1.41. The van der Waals surface area contributed by atoms with Crippen LogP contribution in [0.15, 0.2) is 45.6 Å². The Bertz CT molecular complexity index is 558. The Kier molecular flexibility index (Phi) is 4.37. The van der Waals surface area contributed by atoms with Gasteiger partial charge in [0.25, 0.3) is 0 Å². The zero-order chi connectivity index (χ0) is 13.1. The van der Waals surface area contributed by atoms with E-state index in [1.54, 1.807) is 12.4 Å². The first kappa shape index (κ1) is 13.5. The van der Waals surface area contributed by atoms with Crippen LogP contribution in [0.5, 0.6) is 11.5 Å². The molecule has 0 saturated heterocycles. The number of ether oxygens (including phenoxy) is 1. The smallest absolute Gasteiger partial charge is 0.146 e. The van der Waals surface area contributed by atoms with Crippen LogP contribution in [0.25, 0.3) is 0 Å². The predicted octanol–water partition coefficient (Wildman–Crippen LogP) is 4.42. The Balaban J connectivity index is 2.24. The molecule has 0 unspecified atom stereocenters. The van der Waals surface area contributed by atoms with E-state index in [1.807, 2.05) is 31.2 Å². The van der Waals surface area contributed by atoms with E-state index in [0.717, 1.165) is 20.3 Å². The number of pyridine rings is 1. The maximum absolute atomic E-state index is 5.83. The van der Waals surface area contributed by atoms with Crippen LogP contribution in [0.1, 0.15) is 18.5 Å². The van der Waals surface area contributed by atoms with Crippen molar-refractivity contribution in [1.29, 1.82) is 0 Å². The second-order valence-corrected chi connectivity index (χ2v) is 5.69. The molecule has 5 heteroatoms. The molecule has 1 atom stereocenters. The molecular weight excluding hydrogens is 360 g/mol. The standard InChI is InChI=1S/C13H12Br2N2O/c1-8(16)9-2-3-13(12(15)4-9)18-11-5-10(14)6-17-7-11/h2-8H,16H2,1H3/t8-/m0/s1. The van der Waals surface area contributed by atoms with Gasteiger partial charge < -0.3 is 10.5 Å². The minimum Gasteiger partial charge on any atom is -0.455 e. The molecule has 0 aliphatic heterocycles. The highest BCUT2D eigenvalue weighted by Crippen LogP contribution is 2.32. The third-order valence-corrected chi connectivity index (χ3v) is 3.44. The van der Waals surface area contributed by atoms with Crippen LogP contribution in [0, 0.1) is 0 Å². The summed E-state index contributed by atoms with van der Waals surface area (Å²) < 4.78 is 7.50. The van der Waals surface area contributed by atoms with Crippen LogP contribution in [0.4, 0.5) is 0 Å². The predicted molar refractivity (Wildman–Crippen MR) is 78.8 cm³/mol. The second kappa shape index (κ2) is 5.82.